The van der Waals surface area contributed by atoms with Crippen molar-refractivity contribution < 1.29 is 13.2 Å². The molecule has 4 aromatic rings. The van der Waals surface area contributed by atoms with Crippen molar-refractivity contribution in [1.29, 1.82) is 0 Å². The Balaban J connectivity index is 1.79. The van der Waals surface area contributed by atoms with E-state index in [9.17, 15) is 13.2 Å². The molecule has 1 aromatic heterocycles. The smallest absolute Gasteiger partial charge is 0.256 e. The molecule has 4 rings (SSSR count). The van der Waals surface area contributed by atoms with Crippen molar-refractivity contribution in [3.05, 3.63) is 89.5 Å². The van der Waals surface area contributed by atoms with E-state index in [1.54, 1.807) is 0 Å². The maximum atomic E-state index is 13.3. The molecule has 0 aliphatic rings. The van der Waals surface area contributed by atoms with Crippen LogP contribution in [0.15, 0.2) is 77.7 Å². The minimum Gasteiger partial charge on any atom is -0.322 e. The first-order chi connectivity index (χ1) is 14.7. The van der Waals surface area contributed by atoms with Crippen LogP contribution in [0.5, 0.6) is 0 Å². The van der Waals surface area contributed by atoms with Crippen LogP contribution in [-0.4, -0.2) is 19.3 Å². The molecule has 0 aliphatic heterocycles. The van der Waals surface area contributed by atoms with E-state index >= 15 is 0 Å². The van der Waals surface area contributed by atoms with E-state index in [1.807, 2.05) is 62.4 Å². The van der Waals surface area contributed by atoms with Crippen molar-refractivity contribution in [2.45, 2.75) is 18.7 Å². The highest BCUT2D eigenvalue weighted by molar-refractivity contribution is 7.89. The predicted octanol–water partition coefficient (Wildman–Crippen LogP) is 4.42. The SMILES string of the molecule is Cc1ccc(-c2nc3ccccc3c(C(=O)Nc3ccc(S(N)(=O)=O)cc3)c2C)cc1. The van der Waals surface area contributed by atoms with Crippen LogP contribution >= 0.6 is 0 Å². The zero-order valence-corrected chi connectivity index (χ0v) is 17.9. The lowest BCUT2D eigenvalue weighted by molar-refractivity contribution is 0.102. The third-order valence-electron chi connectivity index (χ3n) is 5.13. The molecule has 0 atom stereocenters. The molecule has 0 saturated carbocycles. The fourth-order valence-corrected chi connectivity index (χ4v) is 4.03. The standard InChI is InChI=1S/C24H21N3O3S/c1-15-7-9-17(10-8-15)23-16(2)22(20-5-3-4-6-21(20)27-23)24(28)26-18-11-13-19(14-12-18)31(25,29)30/h3-14H,1-2H3,(H,26,28)(H2,25,29,30). The van der Waals surface area contributed by atoms with Crippen LogP contribution < -0.4 is 10.5 Å². The Morgan fingerprint density at radius 3 is 2.19 bits per heavy atom. The van der Waals surface area contributed by atoms with Gasteiger partial charge in [-0.1, -0.05) is 48.0 Å². The van der Waals surface area contributed by atoms with Crippen molar-refractivity contribution in [2.75, 3.05) is 5.32 Å². The van der Waals surface area contributed by atoms with Crippen LogP contribution in [-0.2, 0) is 10.0 Å². The molecular weight excluding hydrogens is 410 g/mol. The van der Waals surface area contributed by atoms with Crippen LogP contribution in [0.4, 0.5) is 5.69 Å². The summed E-state index contributed by atoms with van der Waals surface area (Å²) in [6.07, 6.45) is 0. The monoisotopic (exact) mass is 431 g/mol. The molecule has 7 heteroatoms. The Hall–Kier alpha value is -3.55. The molecule has 6 nitrogen and oxygen atoms in total. The molecule has 0 radical (unpaired) electrons. The summed E-state index contributed by atoms with van der Waals surface area (Å²) in [7, 11) is -3.80. The zero-order valence-electron chi connectivity index (χ0n) is 17.1. The van der Waals surface area contributed by atoms with Crippen LogP contribution in [0.25, 0.3) is 22.2 Å². The van der Waals surface area contributed by atoms with Gasteiger partial charge in [-0.2, -0.15) is 0 Å². The maximum absolute atomic E-state index is 13.3. The number of sulfonamides is 1. The molecule has 0 saturated heterocycles. The van der Waals surface area contributed by atoms with E-state index in [2.05, 4.69) is 5.32 Å². The number of hydrogen-bond acceptors (Lipinski definition) is 4. The van der Waals surface area contributed by atoms with Crippen molar-refractivity contribution in [3.63, 3.8) is 0 Å². The molecule has 31 heavy (non-hydrogen) atoms. The highest BCUT2D eigenvalue weighted by Gasteiger charge is 2.19. The lowest BCUT2D eigenvalue weighted by atomic mass is 9.96. The fourth-order valence-electron chi connectivity index (χ4n) is 3.51. The number of carbonyl (C=O) groups excluding carboxylic acids is 1. The third-order valence-corrected chi connectivity index (χ3v) is 6.06. The third kappa shape index (κ3) is 4.19. The van der Waals surface area contributed by atoms with E-state index in [-0.39, 0.29) is 10.8 Å². The number of nitrogens with one attached hydrogen (secondary N) is 1. The number of rotatable bonds is 4. The Bertz CT molecular complexity index is 1390. The van der Waals surface area contributed by atoms with Gasteiger partial charge in [-0.15, -0.1) is 0 Å². The predicted molar refractivity (Wildman–Crippen MR) is 122 cm³/mol. The molecule has 1 heterocycles. The van der Waals surface area contributed by atoms with Crippen LogP contribution in [0.1, 0.15) is 21.5 Å². The number of nitrogens with zero attached hydrogens (tertiary/aromatic N) is 1. The number of fused-ring (bicyclic) bond motifs is 1. The van der Waals surface area contributed by atoms with Gasteiger partial charge in [0.05, 0.1) is 21.7 Å². The normalized spacial score (nSPS) is 11.5. The number of anilines is 1. The lowest BCUT2D eigenvalue weighted by Gasteiger charge is -2.15. The first-order valence-corrected chi connectivity index (χ1v) is 11.2. The van der Waals surface area contributed by atoms with E-state index in [1.165, 1.54) is 24.3 Å². The summed E-state index contributed by atoms with van der Waals surface area (Å²) in [4.78, 5) is 18.1. The maximum Gasteiger partial charge on any atom is 0.256 e. The number of aryl methyl sites for hydroxylation is 1. The Morgan fingerprint density at radius 1 is 0.903 bits per heavy atom. The van der Waals surface area contributed by atoms with Gasteiger partial charge < -0.3 is 5.32 Å². The van der Waals surface area contributed by atoms with Gasteiger partial charge >= 0.3 is 0 Å². The summed E-state index contributed by atoms with van der Waals surface area (Å²) in [5, 5.41) is 8.74. The summed E-state index contributed by atoms with van der Waals surface area (Å²) in [6.45, 7) is 3.90. The highest BCUT2D eigenvalue weighted by Crippen LogP contribution is 2.30. The molecule has 1 amide bonds. The number of primary sulfonamides is 1. The van der Waals surface area contributed by atoms with Crippen molar-refractivity contribution >= 4 is 32.5 Å². The molecule has 3 aromatic carbocycles. The quantitative estimate of drug-likeness (QED) is 0.499. The van der Waals surface area contributed by atoms with Crippen LogP contribution in [0.2, 0.25) is 0 Å². The van der Waals surface area contributed by atoms with Gasteiger partial charge in [0.1, 0.15) is 0 Å². The second-order valence-electron chi connectivity index (χ2n) is 7.37. The first kappa shape index (κ1) is 20.7. The molecule has 0 aliphatic carbocycles. The number of para-hydroxylation sites is 1. The Labute approximate surface area is 180 Å². The average molecular weight is 432 g/mol. The second kappa shape index (κ2) is 7.94. The van der Waals surface area contributed by atoms with Gasteiger partial charge in [-0.25, -0.2) is 18.5 Å². The van der Waals surface area contributed by atoms with Gasteiger partial charge in [0.25, 0.3) is 5.91 Å². The summed E-state index contributed by atoms with van der Waals surface area (Å²) < 4.78 is 22.9. The van der Waals surface area contributed by atoms with Crippen molar-refractivity contribution in [1.82, 2.24) is 4.98 Å². The largest absolute Gasteiger partial charge is 0.322 e. The van der Waals surface area contributed by atoms with E-state index in [0.29, 0.717) is 11.3 Å². The van der Waals surface area contributed by atoms with Crippen LogP contribution in [0, 0.1) is 13.8 Å². The van der Waals surface area contributed by atoms with E-state index in [4.69, 9.17) is 10.1 Å². The number of hydrogen-bond donors (Lipinski definition) is 2. The van der Waals surface area contributed by atoms with E-state index in [0.717, 1.165) is 33.3 Å². The number of amides is 1. The minimum atomic E-state index is -3.80. The highest BCUT2D eigenvalue weighted by atomic mass is 32.2. The van der Waals surface area contributed by atoms with Crippen molar-refractivity contribution in [2.24, 2.45) is 5.14 Å². The number of benzene rings is 3. The number of aromatic nitrogens is 1. The lowest BCUT2D eigenvalue weighted by Crippen LogP contribution is -2.16. The first-order valence-electron chi connectivity index (χ1n) is 9.64. The number of pyridine rings is 1. The zero-order chi connectivity index (χ0) is 22.2. The summed E-state index contributed by atoms with van der Waals surface area (Å²) in [5.41, 5.74) is 5.29. The molecule has 0 fully saturated rings. The number of nitrogens with two attached hydrogens (primary N) is 1. The molecular formula is C24H21N3O3S. The van der Waals surface area contributed by atoms with Crippen LogP contribution in [0.3, 0.4) is 0 Å². The molecule has 0 spiro atoms. The Kier molecular flexibility index (Phi) is 5.31. The summed E-state index contributed by atoms with van der Waals surface area (Å²) in [5.74, 6) is -0.298. The van der Waals surface area contributed by atoms with Gasteiger partial charge in [0.2, 0.25) is 10.0 Å². The minimum absolute atomic E-state index is 0.0160. The topological polar surface area (TPSA) is 102 Å². The Morgan fingerprint density at radius 2 is 1.55 bits per heavy atom. The molecule has 3 N–H and O–H groups in total. The van der Waals surface area contributed by atoms with Crippen molar-refractivity contribution in [3.8, 4) is 11.3 Å². The van der Waals surface area contributed by atoms with Gasteiger partial charge in [0, 0.05) is 16.6 Å². The van der Waals surface area contributed by atoms with Gasteiger partial charge in [-0.3, -0.25) is 4.79 Å². The summed E-state index contributed by atoms with van der Waals surface area (Å²) >= 11 is 0. The molecule has 156 valence electrons. The van der Waals surface area contributed by atoms with E-state index < -0.39 is 10.0 Å². The van der Waals surface area contributed by atoms with Gasteiger partial charge in [0.15, 0.2) is 0 Å². The second-order valence-corrected chi connectivity index (χ2v) is 8.93. The molecule has 0 bridgehead atoms. The van der Waals surface area contributed by atoms with Gasteiger partial charge in [-0.05, 0) is 49.7 Å². The fraction of sp³-hybridized carbons (Fsp3) is 0.0833. The average Bonchev–Trinajstić information content (AvgIpc) is 2.73. The number of carbonyl (C=O) groups is 1. The summed E-state index contributed by atoms with van der Waals surface area (Å²) in [6, 6.07) is 21.3. The molecule has 0 unspecified atom stereocenters.